The van der Waals surface area contributed by atoms with Gasteiger partial charge in [-0.2, -0.15) is 0 Å². The number of rotatable bonds is 5. The van der Waals surface area contributed by atoms with Gasteiger partial charge < -0.3 is 4.74 Å². The van der Waals surface area contributed by atoms with Crippen molar-refractivity contribution in [3.05, 3.63) is 12.7 Å². The van der Waals surface area contributed by atoms with Gasteiger partial charge in [-0.25, -0.2) is 0 Å². The molecule has 0 aliphatic carbocycles. The molecule has 0 aliphatic rings. The Bertz CT molecular complexity index is 187. The highest BCUT2D eigenvalue weighted by atomic mass is 16.5. The number of esters is 1. The van der Waals surface area contributed by atoms with E-state index in [0.29, 0.717) is 12.3 Å². The van der Waals surface area contributed by atoms with E-state index in [9.17, 15) is 4.79 Å². The van der Waals surface area contributed by atoms with Crippen LogP contribution in [-0.4, -0.2) is 13.1 Å². The lowest BCUT2D eigenvalue weighted by Crippen LogP contribution is -2.34. The summed E-state index contributed by atoms with van der Waals surface area (Å²) >= 11 is 0. The van der Waals surface area contributed by atoms with Gasteiger partial charge >= 0.3 is 5.97 Å². The molecule has 0 spiro atoms. The van der Waals surface area contributed by atoms with E-state index in [2.05, 4.69) is 20.4 Å². The predicted octanol–water partition coefficient (Wildman–Crippen LogP) is 2.79. The van der Waals surface area contributed by atoms with Gasteiger partial charge in [-0.1, -0.05) is 26.3 Å². The molecule has 2 heteroatoms. The van der Waals surface area contributed by atoms with E-state index in [0.717, 1.165) is 6.42 Å². The normalized spacial score (nSPS) is 17.2. The predicted molar refractivity (Wildman–Crippen MR) is 54.4 cm³/mol. The van der Waals surface area contributed by atoms with Gasteiger partial charge in [0.2, 0.25) is 0 Å². The van der Waals surface area contributed by atoms with E-state index >= 15 is 0 Å². The fourth-order valence-corrected chi connectivity index (χ4v) is 1.47. The van der Waals surface area contributed by atoms with Crippen molar-refractivity contribution in [3.63, 3.8) is 0 Å². The summed E-state index contributed by atoms with van der Waals surface area (Å²) in [6, 6.07) is 0. The molecular weight excluding hydrogens is 164 g/mol. The quantitative estimate of drug-likeness (QED) is 0.485. The van der Waals surface area contributed by atoms with Crippen molar-refractivity contribution >= 4 is 5.97 Å². The molecule has 0 saturated heterocycles. The SMILES string of the molecule is C=CC[C@@](C)(C(=O)OC)[C@H](C)CC. The van der Waals surface area contributed by atoms with Gasteiger partial charge in [-0.3, -0.25) is 4.79 Å². The molecule has 2 nitrogen and oxygen atoms in total. The maximum Gasteiger partial charge on any atom is 0.312 e. The van der Waals surface area contributed by atoms with Gasteiger partial charge in [0.05, 0.1) is 12.5 Å². The zero-order chi connectivity index (χ0) is 10.5. The molecule has 0 saturated carbocycles. The van der Waals surface area contributed by atoms with E-state index in [1.807, 2.05) is 6.92 Å². The van der Waals surface area contributed by atoms with Crippen LogP contribution in [0.1, 0.15) is 33.6 Å². The molecule has 0 amide bonds. The van der Waals surface area contributed by atoms with Crippen molar-refractivity contribution < 1.29 is 9.53 Å². The van der Waals surface area contributed by atoms with Crippen LogP contribution in [0, 0.1) is 11.3 Å². The molecule has 0 fully saturated rings. The summed E-state index contributed by atoms with van der Waals surface area (Å²) in [5, 5.41) is 0. The van der Waals surface area contributed by atoms with Gasteiger partial charge in [0.1, 0.15) is 0 Å². The first kappa shape index (κ1) is 12.2. The Hall–Kier alpha value is -0.790. The molecular formula is C11H20O2. The van der Waals surface area contributed by atoms with Crippen molar-refractivity contribution in [1.29, 1.82) is 0 Å². The summed E-state index contributed by atoms with van der Waals surface area (Å²) in [6.07, 6.45) is 3.43. The molecule has 0 radical (unpaired) electrons. The van der Waals surface area contributed by atoms with Crippen LogP contribution in [0.4, 0.5) is 0 Å². The van der Waals surface area contributed by atoms with E-state index in [-0.39, 0.29) is 5.97 Å². The molecule has 76 valence electrons. The molecule has 0 aromatic heterocycles. The number of hydrogen-bond donors (Lipinski definition) is 0. The minimum Gasteiger partial charge on any atom is -0.469 e. The summed E-state index contributed by atoms with van der Waals surface area (Å²) in [5.41, 5.74) is -0.411. The summed E-state index contributed by atoms with van der Waals surface area (Å²) in [7, 11) is 1.44. The molecule has 0 aromatic rings. The molecule has 0 rings (SSSR count). The maximum absolute atomic E-state index is 11.6. The molecule has 13 heavy (non-hydrogen) atoms. The number of ether oxygens (including phenoxy) is 1. The highest BCUT2D eigenvalue weighted by Gasteiger charge is 2.37. The van der Waals surface area contributed by atoms with Crippen LogP contribution in [0.3, 0.4) is 0 Å². The van der Waals surface area contributed by atoms with Crippen molar-refractivity contribution in [2.45, 2.75) is 33.6 Å². The van der Waals surface area contributed by atoms with E-state index in [1.165, 1.54) is 7.11 Å². The molecule has 2 atom stereocenters. The van der Waals surface area contributed by atoms with Crippen LogP contribution < -0.4 is 0 Å². The molecule has 0 N–H and O–H groups in total. The van der Waals surface area contributed by atoms with Crippen LogP contribution in [0.5, 0.6) is 0 Å². The monoisotopic (exact) mass is 184 g/mol. The summed E-state index contributed by atoms with van der Waals surface area (Å²) in [6.45, 7) is 9.76. The molecule has 0 aromatic carbocycles. The van der Waals surface area contributed by atoms with Crippen LogP contribution >= 0.6 is 0 Å². The highest BCUT2D eigenvalue weighted by Crippen LogP contribution is 2.34. The van der Waals surface area contributed by atoms with Crippen LogP contribution in [0.25, 0.3) is 0 Å². The second-order valence-corrected chi connectivity index (χ2v) is 3.71. The second-order valence-electron chi connectivity index (χ2n) is 3.71. The Kier molecular flexibility index (Phi) is 4.74. The average Bonchev–Trinajstić information content (AvgIpc) is 2.15. The van der Waals surface area contributed by atoms with Gasteiger partial charge in [-0.05, 0) is 19.3 Å². The van der Waals surface area contributed by atoms with Crippen LogP contribution in [0.15, 0.2) is 12.7 Å². The fraction of sp³-hybridized carbons (Fsp3) is 0.727. The topological polar surface area (TPSA) is 26.3 Å². The number of methoxy groups -OCH3 is 1. The molecule has 0 heterocycles. The first-order valence-corrected chi connectivity index (χ1v) is 4.72. The lowest BCUT2D eigenvalue weighted by atomic mass is 9.74. The smallest absolute Gasteiger partial charge is 0.312 e. The van der Waals surface area contributed by atoms with Crippen molar-refractivity contribution in [1.82, 2.24) is 0 Å². The van der Waals surface area contributed by atoms with Gasteiger partial charge in [0.25, 0.3) is 0 Å². The number of hydrogen-bond acceptors (Lipinski definition) is 2. The Balaban J connectivity index is 4.69. The zero-order valence-corrected chi connectivity index (χ0v) is 9.09. The standard InChI is InChI=1S/C11H20O2/c1-6-8-11(4,9(3)7-2)10(12)13-5/h6,9H,1,7-8H2,2-5H3/t9-,11-/m1/s1. The van der Waals surface area contributed by atoms with Crippen molar-refractivity contribution in [2.75, 3.05) is 7.11 Å². The Morgan fingerprint density at radius 2 is 2.23 bits per heavy atom. The second kappa shape index (κ2) is 5.05. The Morgan fingerprint density at radius 3 is 2.54 bits per heavy atom. The number of allylic oxidation sites excluding steroid dienone is 1. The maximum atomic E-state index is 11.6. The van der Waals surface area contributed by atoms with Crippen molar-refractivity contribution in [3.8, 4) is 0 Å². The van der Waals surface area contributed by atoms with E-state index in [4.69, 9.17) is 4.74 Å². The first-order valence-electron chi connectivity index (χ1n) is 4.72. The largest absolute Gasteiger partial charge is 0.469 e. The molecule has 0 unspecified atom stereocenters. The average molecular weight is 184 g/mol. The van der Waals surface area contributed by atoms with Crippen LogP contribution in [0.2, 0.25) is 0 Å². The minimum atomic E-state index is -0.411. The zero-order valence-electron chi connectivity index (χ0n) is 9.09. The van der Waals surface area contributed by atoms with Crippen molar-refractivity contribution in [2.24, 2.45) is 11.3 Å². The number of carbonyl (C=O) groups excluding carboxylic acids is 1. The molecule has 0 aliphatic heterocycles. The lowest BCUT2D eigenvalue weighted by Gasteiger charge is -2.31. The Labute approximate surface area is 81.0 Å². The lowest BCUT2D eigenvalue weighted by molar-refractivity contribution is -0.154. The third kappa shape index (κ3) is 2.58. The molecule has 0 bridgehead atoms. The summed E-state index contributed by atoms with van der Waals surface area (Å²) in [5.74, 6) is 0.180. The third-order valence-corrected chi connectivity index (χ3v) is 2.92. The van der Waals surface area contributed by atoms with Crippen LogP contribution in [-0.2, 0) is 9.53 Å². The van der Waals surface area contributed by atoms with Gasteiger partial charge in [0, 0.05) is 0 Å². The Morgan fingerprint density at radius 1 is 1.69 bits per heavy atom. The summed E-state index contributed by atoms with van der Waals surface area (Å²) in [4.78, 5) is 11.6. The van der Waals surface area contributed by atoms with E-state index < -0.39 is 5.41 Å². The van der Waals surface area contributed by atoms with Gasteiger partial charge in [0.15, 0.2) is 0 Å². The first-order chi connectivity index (χ1) is 6.02. The highest BCUT2D eigenvalue weighted by molar-refractivity contribution is 5.76. The van der Waals surface area contributed by atoms with E-state index in [1.54, 1.807) is 6.08 Å². The minimum absolute atomic E-state index is 0.137. The fourth-order valence-electron chi connectivity index (χ4n) is 1.47. The third-order valence-electron chi connectivity index (χ3n) is 2.92. The summed E-state index contributed by atoms with van der Waals surface area (Å²) < 4.78 is 4.80. The number of carbonyl (C=O) groups is 1. The van der Waals surface area contributed by atoms with Gasteiger partial charge in [-0.15, -0.1) is 6.58 Å².